The molecular formula is C74H116F6I2O6S2. The third kappa shape index (κ3) is 34.4. The first-order valence-corrected chi connectivity index (χ1v) is 44.1. The molecule has 90 heavy (non-hydrogen) atoms. The molecule has 0 spiro atoms. The Morgan fingerprint density at radius 1 is 0.267 bits per heavy atom. The van der Waals surface area contributed by atoms with E-state index in [9.17, 15) is 43.2 Å². The van der Waals surface area contributed by atoms with E-state index in [1.165, 1.54) is 180 Å². The van der Waals surface area contributed by atoms with E-state index in [4.69, 9.17) is 5.03 Å². The Morgan fingerprint density at radius 3 is 0.589 bits per heavy atom. The summed E-state index contributed by atoms with van der Waals surface area (Å²) in [6.07, 6.45) is 50.8. The van der Waals surface area contributed by atoms with E-state index in [1.54, 1.807) is 48.5 Å². The molecule has 0 atom stereocenters. The van der Waals surface area contributed by atoms with Crippen LogP contribution in [-0.4, -0.2) is 27.9 Å². The smallest absolute Gasteiger partial charge is 0.0654 e. The van der Waals surface area contributed by atoms with Gasteiger partial charge in [-0.3, -0.25) is 0 Å². The van der Waals surface area contributed by atoms with Crippen LogP contribution in [0.4, 0.5) is 26.3 Å². The second-order valence-corrected chi connectivity index (χ2v) is 37.2. The molecule has 16 heteroatoms. The van der Waals surface area contributed by atoms with E-state index in [2.05, 4.69) is 27.7 Å². The second kappa shape index (κ2) is 49.3. The first-order valence-electron chi connectivity index (χ1n) is 35.2. The average Bonchev–Trinajstić information content (AvgIpc) is 0.822. The minimum Gasteiger partial charge on any atom is -0.0654 e. The molecule has 0 unspecified atom stereocenters. The molecule has 0 fully saturated rings. The zero-order chi connectivity index (χ0) is 65.6. The maximum atomic E-state index is 13.6. The molecule has 0 aromatic heterocycles. The van der Waals surface area contributed by atoms with Crippen molar-refractivity contribution in [3.05, 3.63) is 134 Å². The zero-order valence-electron chi connectivity index (χ0n) is 55.6. The van der Waals surface area contributed by atoms with Gasteiger partial charge in [-0.05, 0) is 0 Å². The number of hydrogen-bond donors (Lipinski definition) is 0. The maximum absolute atomic E-state index is 13.6. The van der Waals surface area contributed by atoms with Gasteiger partial charge in [0.05, 0.1) is 0 Å². The molecule has 0 N–H and O–H groups in total. The predicted molar refractivity (Wildman–Crippen MR) is 383 cm³/mol. The molecule has 516 valence electrons. The fourth-order valence-corrected chi connectivity index (χ4v) is 26.1. The fourth-order valence-electron chi connectivity index (χ4n) is 11.3. The average molecular weight is 1530 g/mol. The molecule has 0 aliphatic rings. The van der Waals surface area contributed by atoms with Crippen LogP contribution in [0.25, 0.3) is 0 Å². The number of halogens is 8. The normalized spacial score (nSPS) is 12.5. The van der Waals surface area contributed by atoms with Crippen molar-refractivity contribution in [2.45, 2.75) is 321 Å². The van der Waals surface area contributed by atoms with Crippen LogP contribution in [0.15, 0.2) is 97.1 Å². The predicted octanol–water partition coefficient (Wildman–Crippen LogP) is 25.9. The number of benzene rings is 4. The van der Waals surface area contributed by atoms with Crippen LogP contribution in [0.3, 0.4) is 0 Å². The van der Waals surface area contributed by atoms with Crippen LogP contribution in [0, 0.1) is 14.3 Å². The topological polar surface area (TPSA) is 86.7 Å². The number of hydrogen-bond acceptors (Lipinski definition) is 6. The number of alkyl halides is 6. The summed E-state index contributed by atoms with van der Waals surface area (Å²) in [6.45, 7) is 8.90. The van der Waals surface area contributed by atoms with Gasteiger partial charge < -0.3 is 0 Å². The molecule has 0 aliphatic carbocycles. The molecule has 0 bridgehead atoms. The van der Waals surface area contributed by atoms with Crippen LogP contribution >= 0.6 is 40.5 Å². The molecule has 0 amide bonds. The van der Waals surface area contributed by atoms with Crippen LogP contribution < -0.4 is 0 Å². The van der Waals surface area contributed by atoms with Crippen molar-refractivity contribution in [2.24, 2.45) is 0 Å². The van der Waals surface area contributed by atoms with Crippen molar-refractivity contribution in [3.8, 4) is 0 Å². The van der Waals surface area contributed by atoms with Gasteiger partial charge in [-0.2, -0.15) is 0 Å². The Balaban J connectivity index is 0.000000470. The molecule has 4 aromatic rings. The van der Waals surface area contributed by atoms with Crippen molar-refractivity contribution in [1.29, 1.82) is 0 Å². The van der Waals surface area contributed by atoms with Gasteiger partial charge in [0.1, 0.15) is 0 Å². The van der Waals surface area contributed by atoms with Gasteiger partial charge in [0.25, 0.3) is 0 Å². The van der Waals surface area contributed by atoms with Crippen LogP contribution in [-0.2, 0) is 50.9 Å². The molecule has 4 rings (SSSR count). The summed E-state index contributed by atoms with van der Waals surface area (Å²) in [5.74, 6) is 0. The van der Waals surface area contributed by atoms with Crippen molar-refractivity contribution in [3.63, 3.8) is 0 Å². The Labute approximate surface area is 559 Å². The van der Waals surface area contributed by atoms with Gasteiger partial charge in [0, 0.05) is 0 Å². The van der Waals surface area contributed by atoms with Crippen LogP contribution in [0.2, 0.25) is 0 Å². The zero-order valence-corrected chi connectivity index (χ0v) is 61.6. The van der Waals surface area contributed by atoms with Crippen molar-refractivity contribution < 1.29 is 48.2 Å². The molecule has 0 saturated heterocycles. The van der Waals surface area contributed by atoms with E-state index in [0.717, 1.165) is 99.3 Å². The third-order valence-electron chi connectivity index (χ3n) is 16.6. The molecule has 0 heterocycles. The molecular weight excluding hydrogens is 1420 g/mol. The Morgan fingerprint density at radius 2 is 0.422 bits per heavy atom. The van der Waals surface area contributed by atoms with E-state index >= 15 is 0 Å². The minimum atomic E-state index is -5.75. The van der Waals surface area contributed by atoms with E-state index < -0.39 is 71.7 Å². The first-order chi connectivity index (χ1) is 43.4. The Bertz CT molecular complexity index is 2350. The van der Waals surface area contributed by atoms with Gasteiger partial charge in [0.2, 0.25) is 0 Å². The summed E-state index contributed by atoms with van der Waals surface area (Å²) in [5, 5.41) is 0. The minimum absolute atomic E-state index is 0.654. The summed E-state index contributed by atoms with van der Waals surface area (Å²) >= 11 is -6.94. The van der Waals surface area contributed by atoms with Gasteiger partial charge in [-0.15, -0.1) is 0 Å². The first kappa shape index (κ1) is 82.0. The summed E-state index contributed by atoms with van der Waals surface area (Å²) in [6, 6.07) is 29.6. The molecule has 6 nitrogen and oxygen atoms in total. The fraction of sp³-hybridized carbons (Fsp3) is 0.676. The number of aryl methyl sites for hydroxylation is 4. The number of unbranched alkanes of at least 4 members (excludes halogenated alkanes) is 36. The summed E-state index contributed by atoms with van der Waals surface area (Å²) in [7, 11) is -11.5. The van der Waals surface area contributed by atoms with Gasteiger partial charge >= 0.3 is 510 Å². The van der Waals surface area contributed by atoms with Gasteiger partial charge in [-0.25, -0.2) is 0 Å². The van der Waals surface area contributed by atoms with Crippen molar-refractivity contribution >= 4 is 60.7 Å². The quantitative estimate of drug-likeness (QED) is 0.0189. The SMILES string of the molecule is CCCCCCCCCCCCc1ccccc1I(OS(=O)(=O)C(F)(F)F)c1ccccc1CCCCCCCCCCCC.CCCCCCCCCCCCc1ccccc1I(OS(=O)(=O)C(F)(F)F)c1ccccc1CCCCCCCCCCCC. The number of rotatable bonds is 52. The second-order valence-electron chi connectivity index (χ2n) is 24.5. The molecule has 0 saturated carbocycles. The van der Waals surface area contributed by atoms with E-state index in [-0.39, 0.29) is 0 Å². The van der Waals surface area contributed by atoms with Crippen LogP contribution in [0.1, 0.15) is 307 Å². The monoisotopic (exact) mass is 1530 g/mol. The molecule has 4 aromatic carbocycles. The molecule has 0 radical (unpaired) electrons. The van der Waals surface area contributed by atoms with E-state index in [1.807, 2.05) is 48.5 Å². The van der Waals surface area contributed by atoms with Crippen LogP contribution in [0.5, 0.6) is 0 Å². The Hall–Kier alpha value is -2.26. The van der Waals surface area contributed by atoms with Crippen molar-refractivity contribution in [2.75, 3.05) is 0 Å². The third-order valence-corrected chi connectivity index (χ3v) is 31.8. The molecule has 0 aliphatic heterocycles. The Kier molecular flexibility index (Phi) is 44.9. The summed E-state index contributed by atoms with van der Waals surface area (Å²) < 4.78 is 144. The van der Waals surface area contributed by atoms with Gasteiger partial charge in [0.15, 0.2) is 0 Å². The van der Waals surface area contributed by atoms with Gasteiger partial charge in [-0.1, -0.05) is 53.4 Å². The summed E-state index contributed by atoms with van der Waals surface area (Å²) in [4.78, 5) is 0. The van der Waals surface area contributed by atoms with E-state index in [0.29, 0.717) is 40.0 Å². The standard InChI is InChI=1S/2C37H58F3IO3S/c2*1-3-5-7-9-11-13-15-17-19-21-27-33-29-23-25-31-35(33)41(44-45(42,43)37(38,39)40)36-32-26-24-30-34(36)28-22-20-18-16-14-12-10-8-6-4-2/h2*23-26,29-32H,3-22,27-28H2,1-2H3. The van der Waals surface area contributed by atoms with Crippen molar-refractivity contribution in [1.82, 2.24) is 0 Å². The summed E-state index contributed by atoms with van der Waals surface area (Å²) in [5.41, 5.74) is -7.28.